The summed E-state index contributed by atoms with van der Waals surface area (Å²) < 4.78 is 6.73. The van der Waals surface area contributed by atoms with Gasteiger partial charge in [-0.05, 0) is 13.3 Å². The van der Waals surface area contributed by atoms with Crippen molar-refractivity contribution in [1.82, 2.24) is 19.5 Å². The van der Waals surface area contributed by atoms with Crippen LogP contribution in [-0.2, 0) is 17.7 Å². The first-order valence-electron chi connectivity index (χ1n) is 6.46. The van der Waals surface area contributed by atoms with E-state index in [1.165, 1.54) is 4.57 Å². The van der Waals surface area contributed by atoms with Crippen LogP contribution in [0.2, 0.25) is 0 Å². The Labute approximate surface area is 109 Å². The van der Waals surface area contributed by atoms with E-state index in [9.17, 15) is 9.59 Å². The molecule has 2 aromatic heterocycles. The van der Waals surface area contributed by atoms with Crippen molar-refractivity contribution >= 4 is 11.2 Å². The van der Waals surface area contributed by atoms with Gasteiger partial charge in [-0.2, -0.15) is 0 Å². The van der Waals surface area contributed by atoms with Crippen LogP contribution in [0, 0.1) is 0 Å². The van der Waals surface area contributed by atoms with Gasteiger partial charge in [0.1, 0.15) is 11.3 Å². The fraction of sp³-hybridized carbons (Fsp3) is 0.583. The fourth-order valence-electron chi connectivity index (χ4n) is 1.95. The third-order valence-corrected chi connectivity index (χ3v) is 2.82. The van der Waals surface area contributed by atoms with Gasteiger partial charge in [0.05, 0.1) is 6.61 Å². The van der Waals surface area contributed by atoms with Crippen molar-refractivity contribution in [3.8, 4) is 0 Å². The summed E-state index contributed by atoms with van der Waals surface area (Å²) in [6.07, 6.45) is 1.38. The predicted octanol–water partition coefficient (Wildman–Crippen LogP) is 0.402. The summed E-state index contributed by atoms with van der Waals surface area (Å²) >= 11 is 0. The molecule has 2 aromatic rings. The average molecular weight is 266 g/mol. The lowest BCUT2D eigenvalue weighted by Gasteiger charge is -2.02. The highest BCUT2D eigenvalue weighted by molar-refractivity contribution is 5.69. The second-order valence-electron chi connectivity index (χ2n) is 4.24. The van der Waals surface area contributed by atoms with Crippen LogP contribution in [0.15, 0.2) is 9.59 Å². The normalized spacial score (nSPS) is 11.3. The first-order valence-corrected chi connectivity index (χ1v) is 6.46. The number of nitrogens with zero attached hydrogens (tertiary/aromatic N) is 2. The van der Waals surface area contributed by atoms with Crippen molar-refractivity contribution in [3.63, 3.8) is 0 Å². The molecule has 0 radical (unpaired) electrons. The van der Waals surface area contributed by atoms with Crippen LogP contribution in [0.1, 0.15) is 26.1 Å². The lowest BCUT2D eigenvalue weighted by molar-refractivity contribution is 0.149. The molecule has 0 saturated heterocycles. The fourth-order valence-corrected chi connectivity index (χ4v) is 1.95. The van der Waals surface area contributed by atoms with Gasteiger partial charge in [0.15, 0.2) is 5.65 Å². The van der Waals surface area contributed by atoms with Crippen molar-refractivity contribution in [2.24, 2.45) is 0 Å². The number of ether oxygens (including phenoxy) is 1. The summed E-state index contributed by atoms with van der Waals surface area (Å²) in [4.78, 5) is 33.1. The van der Waals surface area contributed by atoms with Crippen molar-refractivity contribution in [1.29, 1.82) is 0 Å². The van der Waals surface area contributed by atoms with Gasteiger partial charge >= 0.3 is 5.69 Å². The first-order chi connectivity index (χ1) is 9.17. The van der Waals surface area contributed by atoms with Crippen LogP contribution in [0.5, 0.6) is 0 Å². The largest absolute Gasteiger partial charge is 0.381 e. The molecule has 0 bridgehead atoms. The molecule has 2 rings (SSSR count). The van der Waals surface area contributed by atoms with E-state index in [4.69, 9.17) is 4.74 Å². The maximum atomic E-state index is 11.7. The number of fused-ring (bicyclic) bond motifs is 1. The summed E-state index contributed by atoms with van der Waals surface area (Å²) in [6.45, 7) is 5.59. The average Bonchev–Trinajstić information content (AvgIpc) is 2.79. The van der Waals surface area contributed by atoms with Crippen molar-refractivity contribution in [3.05, 3.63) is 26.7 Å². The van der Waals surface area contributed by atoms with Gasteiger partial charge in [0, 0.05) is 19.6 Å². The molecular weight excluding hydrogens is 248 g/mol. The Kier molecular flexibility index (Phi) is 4.16. The monoisotopic (exact) mass is 266 g/mol. The van der Waals surface area contributed by atoms with E-state index in [1.807, 2.05) is 13.8 Å². The molecule has 0 spiro atoms. The van der Waals surface area contributed by atoms with Gasteiger partial charge < -0.3 is 9.72 Å². The SMILES string of the molecule is CCCn1c(=O)[nH]c(=O)c2[nH]c(CCOCC)nc21. The molecule has 0 fully saturated rings. The lowest BCUT2D eigenvalue weighted by Crippen LogP contribution is -2.30. The summed E-state index contributed by atoms with van der Waals surface area (Å²) in [7, 11) is 0. The molecule has 0 unspecified atom stereocenters. The van der Waals surface area contributed by atoms with E-state index >= 15 is 0 Å². The van der Waals surface area contributed by atoms with Gasteiger partial charge in [-0.1, -0.05) is 6.92 Å². The van der Waals surface area contributed by atoms with Crippen molar-refractivity contribution in [2.75, 3.05) is 13.2 Å². The van der Waals surface area contributed by atoms with E-state index in [0.29, 0.717) is 43.2 Å². The third kappa shape index (κ3) is 2.76. The van der Waals surface area contributed by atoms with Crippen LogP contribution in [0.4, 0.5) is 0 Å². The minimum absolute atomic E-state index is 0.347. The zero-order valence-electron chi connectivity index (χ0n) is 11.2. The molecular formula is C12H18N4O3. The number of aromatic amines is 2. The van der Waals surface area contributed by atoms with Gasteiger partial charge in [-0.25, -0.2) is 9.78 Å². The standard InChI is InChI=1S/C12H18N4O3/c1-3-6-16-10-9(11(17)15-12(16)18)13-8(14-10)5-7-19-4-2/h3-7H2,1-2H3,(H,13,14)(H,15,17,18). The Morgan fingerprint density at radius 2 is 2.05 bits per heavy atom. The number of hydrogen-bond donors (Lipinski definition) is 2. The Bertz CT molecular complexity index is 668. The number of aryl methyl sites for hydroxylation is 1. The smallest absolute Gasteiger partial charge is 0.330 e. The highest BCUT2D eigenvalue weighted by Crippen LogP contribution is 2.06. The number of imidazole rings is 1. The number of H-pyrrole nitrogens is 2. The number of nitrogens with one attached hydrogen (secondary N) is 2. The van der Waals surface area contributed by atoms with Crippen LogP contribution in [0.3, 0.4) is 0 Å². The van der Waals surface area contributed by atoms with Crippen molar-refractivity contribution in [2.45, 2.75) is 33.2 Å². The molecule has 0 aromatic carbocycles. The quantitative estimate of drug-likeness (QED) is 0.740. The predicted molar refractivity (Wildman–Crippen MR) is 71.5 cm³/mol. The number of aromatic nitrogens is 4. The van der Waals surface area contributed by atoms with Crippen LogP contribution in [-0.4, -0.2) is 32.7 Å². The molecule has 7 nitrogen and oxygen atoms in total. The molecule has 2 heterocycles. The molecule has 0 amide bonds. The zero-order valence-corrected chi connectivity index (χ0v) is 11.2. The maximum absolute atomic E-state index is 11.7. The molecule has 0 aliphatic rings. The summed E-state index contributed by atoms with van der Waals surface area (Å²) in [6, 6.07) is 0. The summed E-state index contributed by atoms with van der Waals surface area (Å²) in [5.41, 5.74) is -0.0774. The van der Waals surface area contributed by atoms with Gasteiger partial charge in [0.25, 0.3) is 5.56 Å². The topological polar surface area (TPSA) is 92.8 Å². The minimum atomic E-state index is -0.428. The second kappa shape index (κ2) is 5.83. The van der Waals surface area contributed by atoms with E-state index < -0.39 is 11.2 Å². The van der Waals surface area contributed by atoms with E-state index in [1.54, 1.807) is 0 Å². The highest BCUT2D eigenvalue weighted by atomic mass is 16.5. The number of rotatable bonds is 6. The lowest BCUT2D eigenvalue weighted by atomic mass is 10.4. The first kappa shape index (κ1) is 13.5. The molecule has 104 valence electrons. The molecule has 0 aliphatic carbocycles. The van der Waals surface area contributed by atoms with E-state index in [-0.39, 0.29) is 0 Å². The highest BCUT2D eigenvalue weighted by Gasteiger charge is 2.12. The molecule has 0 atom stereocenters. The molecule has 0 aliphatic heterocycles. The van der Waals surface area contributed by atoms with Gasteiger partial charge in [0.2, 0.25) is 0 Å². The minimum Gasteiger partial charge on any atom is -0.381 e. The Morgan fingerprint density at radius 3 is 2.74 bits per heavy atom. The Balaban J connectivity index is 2.45. The maximum Gasteiger partial charge on any atom is 0.330 e. The Hall–Kier alpha value is -1.89. The number of hydrogen-bond acceptors (Lipinski definition) is 4. The molecule has 19 heavy (non-hydrogen) atoms. The van der Waals surface area contributed by atoms with Crippen LogP contribution in [0.25, 0.3) is 11.2 Å². The zero-order chi connectivity index (χ0) is 13.8. The van der Waals surface area contributed by atoms with Crippen molar-refractivity contribution < 1.29 is 4.74 Å². The molecule has 0 saturated carbocycles. The molecule has 2 N–H and O–H groups in total. The Morgan fingerprint density at radius 1 is 1.26 bits per heavy atom. The summed E-state index contributed by atoms with van der Waals surface area (Å²) in [5, 5.41) is 0. The van der Waals surface area contributed by atoms with Crippen LogP contribution >= 0.6 is 0 Å². The summed E-state index contributed by atoms with van der Waals surface area (Å²) in [5.74, 6) is 0.657. The van der Waals surface area contributed by atoms with Crippen LogP contribution < -0.4 is 11.2 Å². The second-order valence-corrected chi connectivity index (χ2v) is 4.24. The van der Waals surface area contributed by atoms with E-state index in [0.717, 1.165) is 6.42 Å². The van der Waals surface area contributed by atoms with Gasteiger partial charge in [-0.15, -0.1) is 0 Å². The third-order valence-electron chi connectivity index (χ3n) is 2.82. The molecule has 7 heteroatoms. The van der Waals surface area contributed by atoms with E-state index in [2.05, 4.69) is 15.0 Å². The van der Waals surface area contributed by atoms with Gasteiger partial charge in [-0.3, -0.25) is 14.3 Å².